The number of aromatic nitrogens is 6. The number of guanidine groups is 1. The van der Waals surface area contributed by atoms with Crippen molar-refractivity contribution >= 4 is 99.7 Å². The van der Waals surface area contributed by atoms with Gasteiger partial charge in [-0.15, -0.1) is 5.10 Å². The summed E-state index contributed by atoms with van der Waals surface area (Å²) in [4.78, 5) is 209. The van der Waals surface area contributed by atoms with Crippen LogP contribution in [-0.2, 0) is 109 Å². The first-order valence-corrected chi connectivity index (χ1v) is 41.1. The highest BCUT2D eigenvalue weighted by Gasteiger charge is 2.37. The average Bonchev–Trinajstić information content (AvgIpc) is 1.66. The van der Waals surface area contributed by atoms with E-state index in [0.29, 0.717) is 60.1 Å². The number of unbranched alkanes of at least 4 members (excludes halogenated alkanes) is 2. The van der Waals surface area contributed by atoms with E-state index in [1.165, 1.54) is 24.1 Å². The van der Waals surface area contributed by atoms with Crippen LogP contribution in [0, 0.1) is 5.41 Å². The molecule has 0 saturated carbocycles. The largest absolute Gasteiger partial charge is 0.480 e. The van der Waals surface area contributed by atoms with Gasteiger partial charge >= 0.3 is 11.9 Å². The Morgan fingerprint density at radius 3 is 1.83 bits per heavy atom. The van der Waals surface area contributed by atoms with Crippen molar-refractivity contribution in [2.75, 3.05) is 125 Å². The first-order valence-electron chi connectivity index (χ1n) is 41.1. The fraction of sp³-hybridized carbons (Fsp3) is 0.570. The molecule has 5 aromatic rings. The fourth-order valence-corrected chi connectivity index (χ4v) is 13.9. The predicted molar refractivity (Wildman–Crippen MR) is 443 cm³/mol. The lowest BCUT2D eigenvalue weighted by Crippen LogP contribution is -2.61. The smallest absolute Gasteiger partial charge is 0.317 e. The van der Waals surface area contributed by atoms with Gasteiger partial charge in [-0.2, -0.15) is 0 Å². The van der Waals surface area contributed by atoms with E-state index in [9.17, 15) is 58.2 Å². The van der Waals surface area contributed by atoms with Gasteiger partial charge in [-0.3, -0.25) is 96.8 Å². The van der Waals surface area contributed by atoms with Gasteiger partial charge in [-0.1, -0.05) is 73.5 Å². The average molecular weight is 1710 g/mol. The Morgan fingerprint density at radius 2 is 1.19 bits per heavy atom. The topological polar surface area (TPSA) is 620 Å². The molecule has 5 heterocycles. The van der Waals surface area contributed by atoms with Crippen LogP contribution in [0.25, 0.3) is 10.9 Å². The van der Waals surface area contributed by atoms with Gasteiger partial charge in [0.05, 0.1) is 58.0 Å². The summed E-state index contributed by atoms with van der Waals surface area (Å²) in [6, 6.07) is 4.75. The van der Waals surface area contributed by atoms with Gasteiger partial charge in [0.15, 0.2) is 5.96 Å². The Morgan fingerprint density at radius 1 is 0.598 bits per heavy atom. The SMILES string of the molecule is CCCC[C@H](NC(C)=O)C(=O)N[C@H]1Cc2cn(nn2)CCCC[C@@H](C(=O)N[C@@H](CCCCNC(=O)COCCOCCNC(=O)CN2CCN(CC(=O)O)CCN(CC(N)=O)CCN(CC(=O)O)CC2)C(N)=O)NC(=O)[C@H](Cc2c[nH]c3ccccc23)NC(=O)[C@H](CCCNC(=N)N)NC(=O)[C@@H](Cc2ccccc2)NC(=O)[C@H](Cc2cnc[nH]2)NC1=O. The van der Waals surface area contributed by atoms with E-state index in [4.69, 9.17) is 32.1 Å². The van der Waals surface area contributed by atoms with Crippen LogP contribution in [0.4, 0.5) is 0 Å². The number of para-hydroxylation sites is 1. The van der Waals surface area contributed by atoms with Crippen molar-refractivity contribution < 1.29 is 86.8 Å². The number of aryl methyl sites for hydroxylation is 1. The molecule has 2 aliphatic rings. The lowest BCUT2D eigenvalue weighted by molar-refractivity contribution is -0.139. The molecule has 22 N–H and O–H groups in total. The summed E-state index contributed by atoms with van der Waals surface area (Å²) < 4.78 is 12.6. The number of imidazole rings is 1. The number of hydrogen-bond donors (Lipinski definition) is 19. The van der Waals surface area contributed by atoms with E-state index >= 15 is 19.2 Å². The van der Waals surface area contributed by atoms with Crippen LogP contribution < -0.4 is 75.7 Å². The summed E-state index contributed by atoms with van der Waals surface area (Å²) in [6.07, 6.45) is 7.59. The van der Waals surface area contributed by atoms with Gasteiger partial charge in [-0.05, 0) is 75.0 Å². The Balaban J connectivity index is 1.03. The molecule has 122 heavy (non-hydrogen) atoms. The predicted octanol–water partition coefficient (Wildman–Crippen LogP) is -4.91. The Hall–Kier alpha value is -12.1. The van der Waals surface area contributed by atoms with E-state index in [-0.39, 0.29) is 213 Å². The number of hydrogen-bond acceptors (Lipinski definition) is 24. The van der Waals surface area contributed by atoms with E-state index in [0.717, 1.165) is 0 Å². The zero-order valence-corrected chi connectivity index (χ0v) is 69.1. The minimum absolute atomic E-state index is 0.00278. The van der Waals surface area contributed by atoms with Crippen LogP contribution in [0.2, 0.25) is 0 Å². The number of amides is 12. The molecule has 12 amide bonds. The monoisotopic (exact) mass is 1710 g/mol. The van der Waals surface area contributed by atoms with Gasteiger partial charge in [0, 0.05) is 146 Å². The maximum Gasteiger partial charge on any atom is 0.317 e. The maximum atomic E-state index is 15.3. The van der Waals surface area contributed by atoms with Gasteiger partial charge in [0.1, 0.15) is 54.9 Å². The number of carboxylic acids is 2. The minimum atomic E-state index is -1.48. The molecule has 43 heteroatoms. The number of carbonyl (C=O) groups excluding carboxylic acids is 12. The molecule has 0 radical (unpaired) electrons. The number of carboxylic acid groups (broad SMARTS) is 2. The van der Waals surface area contributed by atoms with Crippen LogP contribution >= 0.6 is 0 Å². The number of aliphatic carboxylic acids is 2. The van der Waals surface area contributed by atoms with Crippen molar-refractivity contribution in [3.05, 3.63) is 102 Å². The molecule has 1 fully saturated rings. The highest BCUT2D eigenvalue weighted by atomic mass is 16.5. The second-order valence-electron chi connectivity index (χ2n) is 30.1. The number of benzene rings is 2. The molecular formula is C79H119N25O18. The number of ether oxygens (including phenoxy) is 2. The van der Waals surface area contributed by atoms with Gasteiger partial charge in [0.2, 0.25) is 70.9 Å². The molecule has 0 spiro atoms. The van der Waals surface area contributed by atoms with E-state index in [1.54, 1.807) is 68.4 Å². The Kier molecular flexibility index (Phi) is 41.5. The number of H-pyrrole nitrogens is 2. The van der Waals surface area contributed by atoms with Crippen LogP contribution in [0.3, 0.4) is 0 Å². The Bertz CT molecular complexity index is 4210. The quantitative estimate of drug-likeness (QED) is 0.00993. The van der Waals surface area contributed by atoms with E-state index < -0.39 is 125 Å². The summed E-state index contributed by atoms with van der Waals surface area (Å²) in [5.74, 6) is -11.1. The van der Waals surface area contributed by atoms with Crippen LogP contribution in [-0.4, -0.2) is 321 Å². The standard InChI is InChI=1S/C79H119N25O18/c1-3-4-18-59(90-51(2)105)72(114)96-65-41-55-44-104(99-98-55)26-13-11-21-60(73(115)91-58(71(81)113)20-10-12-23-85-68(108)49-122-37-36-121-35-25-86-67(107)46-101-29-33-102(47-69(109)110)31-27-100(45-66(80)106)28-32-103(34-30-101)48-70(111)112)92-76(118)63(39-53-42-88-57-19-9-8-17-56(53)57)95-74(116)61(22-14-24-87-79(82)83)93-75(117)62(38-52-15-6-5-7-16-52)94-77(119)64(97-78(65)120)40-54-43-84-50-89-54/h5-9,15-17,19,42-44,50,58-65,88H,3-4,10-14,18,20-41,45-49H2,1-2H3,(H2,80,106)(H2,81,113)(H,84,89)(H,85,108)(H,86,107)(H,90,105)(H,91,115)(H,92,118)(H,93,117)(H,94,119)(H,95,116)(H,96,114)(H,97,120)(H,109,110)(H,111,112)(H4,82,83,87)/t58-,59-,60-,61-,62+,63-,64-,65-/m0/s1. The van der Waals surface area contributed by atoms with E-state index in [1.807, 2.05) is 25.1 Å². The third kappa shape index (κ3) is 36.1. The number of carbonyl (C=O) groups is 14. The fourth-order valence-electron chi connectivity index (χ4n) is 13.9. The summed E-state index contributed by atoms with van der Waals surface area (Å²) in [5, 5.41) is 66.7. The molecule has 0 aliphatic carbocycles. The number of nitrogens with two attached hydrogens (primary N) is 3. The molecule has 2 aromatic carbocycles. The zero-order valence-electron chi connectivity index (χ0n) is 69.1. The third-order valence-corrected chi connectivity index (χ3v) is 20.3. The van der Waals surface area contributed by atoms with E-state index in [2.05, 4.69) is 83.7 Å². The zero-order chi connectivity index (χ0) is 88.3. The molecule has 0 unspecified atom stereocenters. The number of nitrogens with one attached hydrogen (secondary N) is 14. The first-order chi connectivity index (χ1) is 58.6. The summed E-state index contributed by atoms with van der Waals surface area (Å²) in [7, 11) is 0. The summed E-state index contributed by atoms with van der Waals surface area (Å²) in [6.45, 7) is 5.07. The minimum Gasteiger partial charge on any atom is -0.480 e. The number of primary amides is 2. The molecule has 8 atom stereocenters. The molecule has 7 rings (SSSR count). The Labute approximate surface area is 705 Å². The normalized spacial score (nSPS) is 19.5. The van der Waals surface area contributed by atoms with Crippen molar-refractivity contribution in [1.82, 2.24) is 108 Å². The molecule has 2 aliphatic heterocycles. The summed E-state index contributed by atoms with van der Waals surface area (Å²) >= 11 is 0. The molecular weight excluding hydrogens is 1590 g/mol. The van der Waals surface area contributed by atoms with Crippen molar-refractivity contribution in [2.24, 2.45) is 17.2 Å². The van der Waals surface area contributed by atoms with Crippen molar-refractivity contribution in [2.45, 2.75) is 165 Å². The summed E-state index contributed by atoms with van der Waals surface area (Å²) in [5.41, 5.74) is 19.5. The highest BCUT2D eigenvalue weighted by Crippen LogP contribution is 2.21. The van der Waals surface area contributed by atoms with Crippen LogP contribution in [0.5, 0.6) is 0 Å². The molecule has 668 valence electrons. The second kappa shape index (κ2) is 52.2. The number of rotatable bonds is 40. The number of fused-ring (bicyclic) bond motifs is 3. The highest BCUT2D eigenvalue weighted by molar-refractivity contribution is 5.99. The second-order valence-corrected chi connectivity index (χ2v) is 30.1. The van der Waals surface area contributed by atoms with Gasteiger partial charge in [-0.25, -0.2) is 4.98 Å². The number of nitrogens with zero attached hydrogens (tertiary/aromatic N) is 8. The molecule has 1 saturated heterocycles. The molecule has 3 aromatic heterocycles. The lowest BCUT2D eigenvalue weighted by atomic mass is 10.0. The van der Waals surface area contributed by atoms with Crippen LogP contribution in [0.15, 0.2) is 79.5 Å². The lowest BCUT2D eigenvalue weighted by Gasteiger charge is -2.33. The molecule has 2 bridgehead atoms. The van der Waals surface area contributed by atoms with Gasteiger partial charge in [0.25, 0.3) is 0 Å². The van der Waals surface area contributed by atoms with Gasteiger partial charge < -0.3 is 105 Å². The third-order valence-electron chi connectivity index (χ3n) is 20.3. The maximum absolute atomic E-state index is 15.3. The van der Waals surface area contributed by atoms with Crippen molar-refractivity contribution in [3.63, 3.8) is 0 Å². The molecule has 43 nitrogen and oxygen atoms in total. The number of aromatic amines is 2. The first kappa shape index (κ1) is 97.1. The van der Waals surface area contributed by atoms with Crippen molar-refractivity contribution in [1.29, 1.82) is 5.41 Å². The van der Waals surface area contributed by atoms with Crippen LogP contribution in [0.1, 0.15) is 107 Å². The van der Waals surface area contributed by atoms with Crippen molar-refractivity contribution in [3.8, 4) is 0 Å².